The molecule has 0 spiro atoms. The Morgan fingerprint density at radius 3 is 2.62 bits per heavy atom. The summed E-state index contributed by atoms with van der Waals surface area (Å²) in [5.74, 6) is 0.447. The maximum atomic E-state index is 9.42. The quantitative estimate of drug-likeness (QED) is 0.752. The van der Waals surface area contributed by atoms with Crippen molar-refractivity contribution in [3.63, 3.8) is 0 Å². The van der Waals surface area contributed by atoms with Crippen molar-refractivity contribution in [1.82, 2.24) is 9.78 Å². The minimum atomic E-state index is -1.95. The molecule has 1 N–H and O–H groups in total. The molecule has 0 unspecified atom stereocenters. The third kappa shape index (κ3) is 2.00. The summed E-state index contributed by atoms with van der Waals surface area (Å²) >= 11 is 0. The van der Waals surface area contributed by atoms with E-state index < -0.39 is 5.52 Å². The molecule has 0 atom stereocenters. The number of hydrogen-bond donors (Lipinski definition) is 1. The molecule has 0 aliphatic rings. The van der Waals surface area contributed by atoms with Crippen LogP contribution in [0.2, 0.25) is 0 Å². The molecule has 0 bridgehead atoms. The van der Waals surface area contributed by atoms with E-state index in [-0.39, 0.29) is 0 Å². The number of nitrogens with zero attached hydrogens (tertiary/aromatic N) is 2. The van der Waals surface area contributed by atoms with Gasteiger partial charge in [-0.1, -0.05) is 19.9 Å². The molecule has 4 radical (unpaired) electrons. The Labute approximate surface area is 97.3 Å². The van der Waals surface area contributed by atoms with Crippen LogP contribution >= 0.6 is 0 Å². The number of fused-ring (bicyclic) bond motifs is 1. The first-order valence-corrected chi connectivity index (χ1v) is 5.18. The van der Waals surface area contributed by atoms with E-state index in [1.807, 2.05) is 18.2 Å². The highest BCUT2D eigenvalue weighted by atomic mass is 16.3. The first-order valence-electron chi connectivity index (χ1n) is 5.18. The number of benzene rings is 1. The number of rotatable bonds is 2. The summed E-state index contributed by atoms with van der Waals surface area (Å²) in [4.78, 5) is 0. The number of aromatic nitrogens is 2. The van der Waals surface area contributed by atoms with Crippen molar-refractivity contribution in [3.05, 3.63) is 30.0 Å². The standard InChI is InChI=1S/C11H12B2N2O/c1-7(2)8-3-4-10-9(5-8)6-15(14-10)11(12,13)16/h3-7,16H,1-2H3. The second-order valence-electron chi connectivity index (χ2n) is 4.33. The molecule has 0 saturated carbocycles. The second-order valence-corrected chi connectivity index (χ2v) is 4.33. The van der Waals surface area contributed by atoms with Gasteiger partial charge < -0.3 is 5.11 Å². The van der Waals surface area contributed by atoms with Gasteiger partial charge >= 0.3 is 0 Å². The lowest BCUT2D eigenvalue weighted by Crippen LogP contribution is -2.34. The van der Waals surface area contributed by atoms with Crippen LogP contribution in [0.15, 0.2) is 24.4 Å². The maximum absolute atomic E-state index is 9.42. The van der Waals surface area contributed by atoms with Crippen LogP contribution in [0.3, 0.4) is 0 Å². The van der Waals surface area contributed by atoms with E-state index in [9.17, 15) is 5.11 Å². The zero-order valence-corrected chi connectivity index (χ0v) is 9.38. The molecule has 0 saturated heterocycles. The first kappa shape index (κ1) is 11.3. The van der Waals surface area contributed by atoms with Gasteiger partial charge in [0.2, 0.25) is 0 Å². The molecule has 1 aromatic carbocycles. The van der Waals surface area contributed by atoms with Gasteiger partial charge in [0.05, 0.1) is 11.0 Å². The molecule has 0 amide bonds. The Balaban J connectivity index is 2.54. The Bertz CT molecular complexity index is 514. The zero-order valence-electron chi connectivity index (χ0n) is 9.38. The van der Waals surface area contributed by atoms with Crippen LogP contribution in [-0.2, 0) is 5.52 Å². The van der Waals surface area contributed by atoms with E-state index in [2.05, 4.69) is 18.9 Å². The van der Waals surface area contributed by atoms with Gasteiger partial charge in [-0.05, 0) is 23.6 Å². The monoisotopic (exact) mass is 210 g/mol. The fraction of sp³-hybridized carbons (Fsp3) is 0.364. The first-order chi connectivity index (χ1) is 7.38. The van der Waals surface area contributed by atoms with Gasteiger partial charge in [-0.2, -0.15) is 5.10 Å². The largest absolute Gasteiger partial charge is 0.388 e. The van der Waals surface area contributed by atoms with Crippen LogP contribution in [-0.4, -0.2) is 30.6 Å². The molecule has 16 heavy (non-hydrogen) atoms. The third-order valence-electron chi connectivity index (χ3n) is 2.56. The summed E-state index contributed by atoms with van der Waals surface area (Å²) in [7, 11) is 10.7. The van der Waals surface area contributed by atoms with Crippen LogP contribution in [0.5, 0.6) is 0 Å². The predicted octanol–water partition coefficient (Wildman–Crippen LogP) is 1.06. The van der Waals surface area contributed by atoms with Crippen molar-refractivity contribution >= 4 is 26.6 Å². The molecule has 1 aromatic heterocycles. The summed E-state index contributed by atoms with van der Waals surface area (Å²) in [5.41, 5.74) is 0.0279. The fourth-order valence-electron chi connectivity index (χ4n) is 1.59. The van der Waals surface area contributed by atoms with Crippen molar-refractivity contribution in [2.24, 2.45) is 0 Å². The lowest BCUT2D eigenvalue weighted by molar-refractivity contribution is 0.127. The molecule has 2 aromatic rings. The SMILES string of the molecule is [B]C([B])(O)n1cc2cc(C(C)C)ccc2n1. The molecule has 2 rings (SSSR count). The van der Waals surface area contributed by atoms with E-state index in [1.165, 1.54) is 5.56 Å². The van der Waals surface area contributed by atoms with Crippen LogP contribution in [0.4, 0.5) is 0 Å². The Morgan fingerprint density at radius 1 is 1.38 bits per heavy atom. The second kappa shape index (κ2) is 3.67. The molecule has 5 heteroatoms. The molecule has 3 nitrogen and oxygen atoms in total. The Hall–Kier alpha value is -1.22. The fourth-order valence-corrected chi connectivity index (χ4v) is 1.59. The number of aliphatic hydroxyl groups is 1. The van der Waals surface area contributed by atoms with Crippen molar-refractivity contribution in [2.45, 2.75) is 25.3 Å². The van der Waals surface area contributed by atoms with Crippen LogP contribution < -0.4 is 0 Å². The lowest BCUT2D eigenvalue weighted by Gasteiger charge is -2.18. The predicted molar refractivity (Wildman–Crippen MR) is 65.5 cm³/mol. The molecule has 0 aliphatic heterocycles. The zero-order chi connectivity index (χ0) is 11.9. The minimum absolute atomic E-state index is 0.447. The molecule has 78 valence electrons. The average molecular weight is 210 g/mol. The Morgan fingerprint density at radius 2 is 2.06 bits per heavy atom. The summed E-state index contributed by atoms with van der Waals surface area (Å²) in [6.07, 6.45) is 1.64. The summed E-state index contributed by atoms with van der Waals surface area (Å²) in [6, 6.07) is 5.93. The summed E-state index contributed by atoms with van der Waals surface area (Å²) in [5, 5.41) is 14.4. The van der Waals surface area contributed by atoms with E-state index in [1.54, 1.807) is 6.20 Å². The van der Waals surface area contributed by atoms with Crippen molar-refractivity contribution < 1.29 is 5.11 Å². The van der Waals surface area contributed by atoms with Crippen molar-refractivity contribution in [1.29, 1.82) is 0 Å². The van der Waals surface area contributed by atoms with E-state index in [0.717, 1.165) is 15.6 Å². The summed E-state index contributed by atoms with van der Waals surface area (Å²) in [6.45, 7) is 4.24. The number of hydrogen-bond acceptors (Lipinski definition) is 2. The maximum Gasteiger partial charge on any atom is 0.131 e. The van der Waals surface area contributed by atoms with Gasteiger partial charge in [0.25, 0.3) is 0 Å². The van der Waals surface area contributed by atoms with Gasteiger partial charge in [0.1, 0.15) is 15.7 Å². The third-order valence-corrected chi connectivity index (χ3v) is 2.56. The molecule has 0 aliphatic carbocycles. The average Bonchev–Trinajstić information content (AvgIpc) is 2.58. The van der Waals surface area contributed by atoms with Gasteiger partial charge in [0.15, 0.2) is 0 Å². The minimum Gasteiger partial charge on any atom is -0.388 e. The Kier molecular flexibility index (Phi) is 2.58. The van der Waals surface area contributed by atoms with Gasteiger partial charge in [0, 0.05) is 11.6 Å². The smallest absolute Gasteiger partial charge is 0.131 e. The normalized spacial score (nSPS) is 12.5. The van der Waals surface area contributed by atoms with E-state index in [4.69, 9.17) is 15.7 Å². The van der Waals surface area contributed by atoms with Gasteiger partial charge in [-0.25, -0.2) is 0 Å². The van der Waals surface area contributed by atoms with E-state index in [0.29, 0.717) is 5.92 Å². The molecule has 0 fully saturated rings. The van der Waals surface area contributed by atoms with Crippen LogP contribution in [0.25, 0.3) is 10.9 Å². The highest BCUT2D eigenvalue weighted by Gasteiger charge is 2.15. The van der Waals surface area contributed by atoms with Gasteiger partial charge in [-0.15, -0.1) is 0 Å². The summed E-state index contributed by atoms with van der Waals surface area (Å²) < 4.78 is 1.15. The van der Waals surface area contributed by atoms with Gasteiger partial charge in [-0.3, -0.25) is 4.68 Å². The topological polar surface area (TPSA) is 38.0 Å². The lowest BCUT2D eigenvalue weighted by atomic mass is 9.73. The van der Waals surface area contributed by atoms with Crippen LogP contribution in [0, 0.1) is 0 Å². The molecule has 1 heterocycles. The molecular weight excluding hydrogens is 198 g/mol. The van der Waals surface area contributed by atoms with Crippen molar-refractivity contribution in [3.8, 4) is 0 Å². The highest BCUT2D eigenvalue weighted by Crippen LogP contribution is 2.21. The molecular formula is C11H12B2N2O. The van der Waals surface area contributed by atoms with Crippen LogP contribution in [0.1, 0.15) is 25.3 Å². The highest BCUT2D eigenvalue weighted by molar-refractivity contribution is 6.36. The van der Waals surface area contributed by atoms with E-state index >= 15 is 0 Å². The van der Waals surface area contributed by atoms with Crippen molar-refractivity contribution in [2.75, 3.05) is 0 Å².